The summed E-state index contributed by atoms with van der Waals surface area (Å²) in [6.45, 7) is 8.62. The lowest BCUT2D eigenvalue weighted by atomic mass is 9.74. The predicted molar refractivity (Wildman–Crippen MR) is 135 cm³/mol. The molecule has 0 saturated heterocycles. The third kappa shape index (κ3) is 6.06. The largest absolute Gasteiger partial charge is 0.377 e. The molecule has 0 aromatic heterocycles. The summed E-state index contributed by atoms with van der Waals surface area (Å²) in [5.41, 5.74) is 1.79. The molecule has 1 fully saturated rings. The number of carbonyl (C=O) groups excluding carboxylic acids is 1. The van der Waals surface area contributed by atoms with Gasteiger partial charge in [-0.25, -0.2) is 17.9 Å². The molecule has 33 heavy (non-hydrogen) atoms. The quantitative estimate of drug-likeness (QED) is 0.400. The normalized spacial score (nSPS) is 21.1. The highest BCUT2D eigenvalue weighted by molar-refractivity contribution is 7.89. The van der Waals surface area contributed by atoms with Crippen LogP contribution in [0.4, 0.5) is 10.5 Å². The molecule has 3 rings (SSSR count). The molecule has 0 radical (unpaired) electrons. The van der Waals surface area contributed by atoms with Crippen LogP contribution in [0.25, 0.3) is 10.8 Å². The molecule has 0 spiro atoms. The summed E-state index contributed by atoms with van der Waals surface area (Å²) in [5.74, 6) is 0.525. The van der Waals surface area contributed by atoms with Gasteiger partial charge in [0.1, 0.15) is 0 Å². The molecule has 3 N–H and O–H groups in total. The fourth-order valence-corrected chi connectivity index (χ4v) is 6.10. The van der Waals surface area contributed by atoms with Crippen molar-refractivity contribution in [3.8, 4) is 0 Å². The first-order chi connectivity index (χ1) is 15.5. The lowest BCUT2D eigenvalue weighted by Gasteiger charge is -2.39. The minimum Gasteiger partial charge on any atom is -0.377 e. The smallest absolute Gasteiger partial charge is 0.315 e. The lowest BCUT2D eigenvalue weighted by Crippen LogP contribution is -2.53. The predicted octanol–water partition coefficient (Wildman–Crippen LogP) is 4.01. The SMILES string of the molecule is C=C1CC(CC)CC(C)(NC(=O)NCCNS(=O)(=O)c2cccc3c(N(C)C)cccc23)C1. The maximum absolute atomic E-state index is 13.0. The first kappa shape index (κ1) is 25.1. The number of nitrogens with one attached hydrogen (secondary N) is 3. The molecule has 0 heterocycles. The van der Waals surface area contributed by atoms with Gasteiger partial charge in [-0.3, -0.25) is 0 Å². The number of amides is 2. The van der Waals surface area contributed by atoms with Crippen molar-refractivity contribution < 1.29 is 13.2 Å². The van der Waals surface area contributed by atoms with Gasteiger partial charge < -0.3 is 15.5 Å². The van der Waals surface area contributed by atoms with Gasteiger partial charge in [-0.05, 0) is 44.2 Å². The van der Waals surface area contributed by atoms with Crippen LogP contribution in [-0.2, 0) is 10.0 Å². The average molecular weight is 473 g/mol. The van der Waals surface area contributed by atoms with E-state index in [2.05, 4.69) is 28.9 Å². The third-order valence-corrected chi connectivity index (χ3v) is 7.80. The zero-order chi connectivity index (χ0) is 24.2. The highest BCUT2D eigenvalue weighted by Gasteiger charge is 2.34. The van der Waals surface area contributed by atoms with Gasteiger partial charge in [0.05, 0.1) is 4.90 Å². The average Bonchev–Trinajstić information content (AvgIpc) is 2.74. The van der Waals surface area contributed by atoms with Crippen LogP contribution >= 0.6 is 0 Å². The number of nitrogens with zero attached hydrogens (tertiary/aromatic N) is 1. The Labute approximate surface area is 197 Å². The molecular formula is C25H36N4O3S. The molecule has 0 bridgehead atoms. The third-order valence-electron chi connectivity index (χ3n) is 6.28. The number of hydrogen-bond acceptors (Lipinski definition) is 4. The molecule has 1 aliphatic carbocycles. The summed E-state index contributed by atoms with van der Waals surface area (Å²) in [6, 6.07) is 10.6. The summed E-state index contributed by atoms with van der Waals surface area (Å²) < 4.78 is 28.6. The van der Waals surface area contributed by atoms with Crippen molar-refractivity contribution in [1.82, 2.24) is 15.4 Å². The first-order valence-electron chi connectivity index (χ1n) is 11.5. The number of benzene rings is 2. The number of hydrogen-bond donors (Lipinski definition) is 3. The van der Waals surface area contributed by atoms with E-state index in [0.29, 0.717) is 11.3 Å². The Morgan fingerprint density at radius 1 is 1.15 bits per heavy atom. The van der Waals surface area contributed by atoms with Crippen molar-refractivity contribution in [2.24, 2.45) is 5.92 Å². The van der Waals surface area contributed by atoms with Crippen molar-refractivity contribution in [1.29, 1.82) is 0 Å². The van der Waals surface area contributed by atoms with Gasteiger partial charge in [0.25, 0.3) is 0 Å². The Balaban J connectivity index is 1.59. The molecular weight excluding hydrogens is 436 g/mol. The van der Waals surface area contributed by atoms with Crippen molar-refractivity contribution in [2.45, 2.75) is 50.0 Å². The van der Waals surface area contributed by atoms with E-state index in [9.17, 15) is 13.2 Å². The van der Waals surface area contributed by atoms with E-state index >= 15 is 0 Å². The second kappa shape index (κ2) is 10.1. The Bertz CT molecular complexity index is 1130. The highest BCUT2D eigenvalue weighted by atomic mass is 32.2. The topological polar surface area (TPSA) is 90.5 Å². The van der Waals surface area contributed by atoms with Gasteiger partial charge in [0.15, 0.2) is 0 Å². The summed E-state index contributed by atoms with van der Waals surface area (Å²) in [4.78, 5) is 14.6. The van der Waals surface area contributed by atoms with Gasteiger partial charge in [0, 0.05) is 49.2 Å². The molecule has 1 aliphatic rings. The molecule has 2 unspecified atom stereocenters. The Morgan fingerprint density at radius 3 is 2.55 bits per heavy atom. The lowest BCUT2D eigenvalue weighted by molar-refractivity contribution is 0.204. The molecule has 2 amide bonds. The van der Waals surface area contributed by atoms with Gasteiger partial charge in [0.2, 0.25) is 10.0 Å². The standard InChI is InChI=1S/C25H36N4O3S/c1-6-19-15-18(2)16-25(3,17-19)28-24(30)26-13-14-27-33(31,32)23-12-8-9-20-21(23)10-7-11-22(20)29(4)5/h7-12,19,27H,2,6,13-17H2,1,3-5H3,(H2,26,28,30). The summed E-state index contributed by atoms with van der Waals surface area (Å²) in [6.07, 6.45) is 3.75. The van der Waals surface area contributed by atoms with E-state index in [1.54, 1.807) is 12.1 Å². The molecule has 1 saturated carbocycles. The number of anilines is 1. The second-order valence-electron chi connectivity index (χ2n) is 9.47. The first-order valence-corrected chi connectivity index (χ1v) is 12.9. The van der Waals surface area contributed by atoms with E-state index in [1.165, 1.54) is 0 Å². The van der Waals surface area contributed by atoms with Crippen LogP contribution in [0, 0.1) is 5.92 Å². The number of urea groups is 1. The van der Waals surface area contributed by atoms with Crippen LogP contribution in [0.5, 0.6) is 0 Å². The zero-order valence-corrected chi connectivity index (χ0v) is 20.9. The maximum atomic E-state index is 13.0. The van der Waals surface area contributed by atoms with Crippen molar-refractivity contribution in [3.05, 3.63) is 48.6 Å². The number of sulfonamides is 1. The van der Waals surface area contributed by atoms with Gasteiger partial charge in [-0.1, -0.05) is 49.8 Å². The van der Waals surface area contributed by atoms with E-state index < -0.39 is 10.0 Å². The number of fused-ring (bicyclic) bond motifs is 1. The summed E-state index contributed by atoms with van der Waals surface area (Å²) in [7, 11) is 0.119. The summed E-state index contributed by atoms with van der Waals surface area (Å²) in [5, 5.41) is 7.38. The van der Waals surface area contributed by atoms with Crippen LogP contribution < -0.4 is 20.3 Å². The minimum atomic E-state index is -3.74. The Hall–Kier alpha value is -2.58. The molecule has 7 nitrogen and oxygen atoms in total. The molecule has 8 heteroatoms. The van der Waals surface area contributed by atoms with E-state index in [-0.39, 0.29) is 29.6 Å². The molecule has 0 aliphatic heterocycles. The number of rotatable bonds is 8. The monoisotopic (exact) mass is 472 g/mol. The van der Waals surface area contributed by atoms with Crippen LogP contribution in [0.2, 0.25) is 0 Å². The van der Waals surface area contributed by atoms with Crippen molar-refractivity contribution >= 4 is 32.5 Å². The second-order valence-corrected chi connectivity index (χ2v) is 11.2. The zero-order valence-electron chi connectivity index (χ0n) is 20.1. The van der Waals surface area contributed by atoms with Crippen molar-refractivity contribution in [3.63, 3.8) is 0 Å². The van der Waals surface area contributed by atoms with Gasteiger partial charge in [-0.15, -0.1) is 0 Å². The van der Waals surface area contributed by atoms with Crippen LogP contribution in [0.1, 0.15) is 39.5 Å². The number of carbonyl (C=O) groups is 1. The Morgan fingerprint density at radius 2 is 1.85 bits per heavy atom. The van der Waals surface area contributed by atoms with E-state index in [0.717, 1.165) is 42.3 Å². The molecule has 180 valence electrons. The van der Waals surface area contributed by atoms with E-state index in [4.69, 9.17) is 0 Å². The van der Waals surface area contributed by atoms with Crippen molar-refractivity contribution in [2.75, 3.05) is 32.1 Å². The molecule has 2 atom stereocenters. The molecule has 2 aromatic rings. The van der Waals surface area contributed by atoms with Crippen LogP contribution in [-0.4, -0.2) is 47.2 Å². The van der Waals surface area contributed by atoms with Gasteiger partial charge >= 0.3 is 6.03 Å². The summed E-state index contributed by atoms with van der Waals surface area (Å²) >= 11 is 0. The highest BCUT2D eigenvalue weighted by Crippen LogP contribution is 2.36. The van der Waals surface area contributed by atoms with E-state index in [1.807, 2.05) is 50.2 Å². The van der Waals surface area contributed by atoms with Crippen LogP contribution in [0.15, 0.2) is 53.4 Å². The molecule has 2 aromatic carbocycles. The fourth-order valence-electron chi connectivity index (χ4n) is 4.84. The fraction of sp³-hybridized carbons (Fsp3) is 0.480. The van der Waals surface area contributed by atoms with Crippen LogP contribution in [0.3, 0.4) is 0 Å². The Kier molecular flexibility index (Phi) is 7.69. The van der Waals surface area contributed by atoms with Gasteiger partial charge in [-0.2, -0.15) is 0 Å². The maximum Gasteiger partial charge on any atom is 0.315 e. The minimum absolute atomic E-state index is 0.0977.